The van der Waals surface area contributed by atoms with Crippen LogP contribution in [-0.2, 0) is 9.47 Å². The maximum absolute atomic E-state index is 13.1. The van der Waals surface area contributed by atoms with Crippen LogP contribution in [0.25, 0.3) is 0 Å². The summed E-state index contributed by atoms with van der Waals surface area (Å²) in [5.41, 5.74) is 0. The molecule has 1 aromatic carbocycles. The molecule has 1 aliphatic carbocycles. The van der Waals surface area contributed by atoms with E-state index in [0.29, 0.717) is 29.9 Å². The summed E-state index contributed by atoms with van der Waals surface area (Å²) in [6.45, 7) is 1.01. The van der Waals surface area contributed by atoms with Gasteiger partial charge in [0.05, 0.1) is 23.1 Å². The van der Waals surface area contributed by atoms with E-state index < -0.39 is 0 Å². The van der Waals surface area contributed by atoms with Crippen molar-refractivity contribution in [3.8, 4) is 5.75 Å². The lowest BCUT2D eigenvalue weighted by molar-refractivity contribution is -0.0898. The Morgan fingerprint density at radius 2 is 2.21 bits per heavy atom. The number of benzene rings is 1. The van der Waals surface area contributed by atoms with Crippen LogP contribution in [0.2, 0.25) is 0 Å². The molecule has 1 saturated carbocycles. The van der Waals surface area contributed by atoms with E-state index >= 15 is 0 Å². The van der Waals surface area contributed by atoms with E-state index in [1.165, 1.54) is 6.07 Å². The molecular formula is C13H15BrClFO3. The molecular weight excluding hydrogens is 338 g/mol. The minimum Gasteiger partial charge on any atom is -0.488 e. The number of rotatable bonds is 6. The molecule has 0 amide bonds. The summed E-state index contributed by atoms with van der Waals surface area (Å²) in [7, 11) is 1.62. The minimum absolute atomic E-state index is 0.0502. The minimum atomic E-state index is -0.316. The maximum Gasteiger partial charge on any atom is 0.137 e. The molecule has 0 radical (unpaired) electrons. The first kappa shape index (κ1) is 15.0. The third-order valence-corrected chi connectivity index (χ3v) is 3.99. The van der Waals surface area contributed by atoms with E-state index in [1.54, 1.807) is 19.2 Å². The highest BCUT2D eigenvalue weighted by Crippen LogP contribution is 2.33. The zero-order chi connectivity index (χ0) is 13.8. The van der Waals surface area contributed by atoms with Gasteiger partial charge in [0.25, 0.3) is 0 Å². The van der Waals surface area contributed by atoms with Crippen LogP contribution in [0.15, 0.2) is 22.7 Å². The summed E-state index contributed by atoms with van der Waals surface area (Å²) in [5.74, 6) is 0.284. The van der Waals surface area contributed by atoms with Crippen molar-refractivity contribution >= 4 is 27.5 Å². The van der Waals surface area contributed by atoms with Gasteiger partial charge in [0, 0.05) is 13.5 Å². The lowest BCUT2D eigenvalue weighted by atomic mass is 9.91. The second-order valence-corrected chi connectivity index (χ2v) is 5.73. The van der Waals surface area contributed by atoms with E-state index in [1.807, 2.05) is 0 Å². The molecule has 2 rings (SSSR count). The molecule has 1 fully saturated rings. The zero-order valence-corrected chi connectivity index (χ0v) is 12.8. The summed E-state index contributed by atoms with van der Waals surface area (Å²) in [4.78, 5) is 0. The smallest absolute Gasteiger partial charge is 0.137 e. The number of ether oxygens (including phenoxy) is 3. The molecule has 0 aliphatic heterocycles. The van der Waals surface area contributed by atoms with Crippen molar-refractivity contribution in [2.24, 2.45) is 0 Å². The lowest BCUT2D eigenvalue weighted by Crippen LogP contribution is -2.53. The van der Waals surface area contributed by atoms with Crippen LogP contribution in [-0.4, -0.2) is 37.9 Å². The molecule has 0 aromatic heterocycles. The molecule has 3 atom stereocenters. The van der Waals surface area contributed by atoms with E-state index in [0.717, 1.165) is 0 Å². The SMILES string of the molecule is COCCOC1C(Cl)CC1Oc1ccc(F)c(Br)c1. The Hall–Kier alpha value is -0.360. The molecule has 106 valence electrons. The zero-order valence-electron chi connectivity index (χ0n) is 10.4. The van der Waals surface area contributed by atoms with Gasteiger partial charge in [0.15, 0.2) is 0 Å². The van der Waals surface area contributed by atoms with Crippen molar-refractivity contribution in [2.45, 2.75) is 24.0 Å². The van der Waals surface area contributed by atoms with Gasteiger partial charge < -0.3 is 14.2 Å². The molecule has 0 N–H and O–H groups in total. The monoisotopic (exact) mass is 352 g/mol. The van der Waals surface area contributed by atoms with Gasteiger partial charge in [-0.05, 0) is 34.1 Å². The topological polar surface area (TPSA) is 27.7 Å². The fraction of sp³-hybridized carbons (Fsp3) is 0.538. The average Bonchev–Trinajstić information content (AvgIpc) is 2.38. The fourth-order valence-electron chi connectivity index (χ4n) is 1.85. The van der Waals surface area contributed by atoms with Gasteiger partial charge in [0.1, 0.15) is 23.8 Å². The first-order valence-corrected chi connectivity index (χ1v) is 7.21. The maximum atomic E-state index is 13.1. The third kappa shape index (κ3) is 3.81. The summed E-state index contributed by atoms with van der Waals surface area (Å²) in [5, 5.41) is -0.0502. The van der Waals surface area contributed by atoms with Crippen molar-refractivity contribution < 1.29 is 18.6 Å². The molecule has 0 heterocycles. The van der Waals surface area contributed by atoms with Gasteiger partial charge in [-0.2, -0.15) is 0 Å². The van der Waals surface area contributed by atoms with Gasteiger partial charge in [-0.1, -0.05) is 0 Å². The second-order valence-electron chi connectivity index (χ2n) is 4.31. The van der Waals surface area contributed by atoms with E-state index in [-0.39, 0.29) is 23.4 Å². The number of alkyl halides is 1. The molecule has 0 bridgehead atoms. The van der Waals surface area contributed by atoms with Crippen LogP contribution in [0.5, 0.6) is 5.75 Å². The summed E-state index contributed by atoms with van der Waals surface area (Å²) in [6.07, 6.45) is 0.464. The third-order valence-electron chi connectivity index (χ3n) is 2.96. The molecule has 0 spiro atoms. The molecule has 19 heavy (non-hydrogen) atoms. The summed E-state index contributed by atoms with van der Waals surface area (Å²) < 4.78 is 29.8. The van der Waals surface area contributed by atoms with E-state index in [4.69, 9.17) is 25.8 Å². The molecule has 1 aromatic rings. The van der Waals surface area contributed by atoms with Crippen LogP contribution < -0.4 is 4.74 Å². The van der Waals surface area contributed by atoms with Gasteiger partial charge in [0.2, 0.25) is 0 Å². The normalized spacial score (nSPS) is 26.0. The molecule has 1 aliphatic rings. The van der Waals surface area contributed by atoms with Gasteiger partial charge in [-0.3, -0.25) is 0 Å². The Morgan fingerprint density at radius 3 is 2.84 bits per heavy atom. The Bertz CT molecular complexity index is 432. The molecule has 3 unspecified atom stereocenters. The quantitative estimate of drug-likeness (QED) is 0.580. The van der Waals surface area contributed by atoms with E-state index in [9.17, 15) is 4.39 Å². The standard InChI is InChI=1S/C13H15BrClFO3/c1-17-4-5-18-13-10(15)7-12(13)19-8-2-3-11(16)9(14)6-8/h2-3,6,10,12-13H,4-5,7H2,1H3. The Labute approximate surface area is 125 Å². The van der Waals surface area contributed by atoms with Crippen LogP contribution in [0.3, 0.4) is 0 Å². The summed E-state index contributed by atoms with van der Waals surface area (Å²) in [6, 6.07) is 4.55. The predicted octanol–water partition coefficient (Wildman–Crippen LogP) is 3.38. The first-order chi connectivity index (χ1) is 9.11. The van der Waals surface area contributed by atoms with Crippen molar-refractivity contribution in [1.82, 2.24) is 0 Å². The second kappa shape index (κ2) is 6.88. The number of hydrogen-bond acceptors (Lipinski definition) is 3. The Morgan fingerprint density at radius 1 is 1.42 bits per heavy atom. The van der Waals surface area contributed by atoms with Crippen molar-refractivity contribution in [2.75, 3.05) is 20.3 Å². The van der Waals surface area contributed by atoms with Gasteiger partial charge in [-0.15, -0.1) is 11.6 Å². The molecule has 0 saturated heterocycles. The largest absolute Gasteiger partial charge is 0.488 e. The van der Waals surface area contributed by atoms with E-state index in [2.05, 4.69) is 15.9 Å². The van der Waals surface area contributed by atoms with Crippen molar-refractivity contribution in [3.63, 3.8) is 0 Å². The highest BCUT2D eigenvalue weighted by molar-refractivity contribution is 9.10. The average molecular weight is 354 g/mol. The highest BCUT2D eigenvalue weighted by Gasteiger charge is 2.42. The Kier molecular flexibility index (Phi) is 5.45. The van der Waals surface area contributed by atoms with Crippen LogP contribution in [0.1, 0.15) is 6.42 Å². The van der Waals surface area contributed by atoms with Crippen molar-refractivity contribution in [1.29, 1.82) is 0 Å². The van der Waals surface area contributed by atoms with Crippen molar-refractivity contribution in [3.05, 3.63) is 28.5 Å². The van der Waals surface area contributed by atoms with Crippen LogP contribution in [0.4, 0.5) is 4.39 Å². The molecule has 3 nitrogen and oxygen atoms in total. The van der Waals surface area contributed by atoms with Crippen LogP contribution in [0, 0.1) is 5.82 Å². The highest BCUT2D eigenvalue weighted by atomic mass is 79.9. The first-order valence-electron chi connectivity index (χ1n) is 5.98. The fourth-order valence-corrected chi connectivity index (χ4v) is 2.62. The number of methoxy groups -OCH3 is 1. The molecule has 6 heteroatoms. The predicted molar refractivity (Wildman–Crippen MR) is 74.4 cm³/mol. The Balaban J connectivity index is 1.89. The number of halogens is 3. The van der Waals surface area contributed by atoms with Gasteiger partial charge in [-0.25, -0.2) is 4.39 Å². The van der Waals surface area contributed by atoms with Gasteiger partial charge >= 0.3 is 0 Å². The summed E-state index contributed by atoms with van der Waals surface area (Å²) >= 11 is 9.22. The lowest BCUT2D eigenvalue weighted by Gasteiger charge is -2.40. The van der Waals surface area contributed by atoms with Crippen LogP contribution >= 0.6 is 27.5 Å². The number of hydrogen-bond donors (Lipinski definition) is 0.